The molecule has 0 saturated heterocycles. The topological polar surface area (TPSA) is 69.2 Å². The van der Waals surface area contributed by atoms with Crippen LogP contribution in [0.25, 0.3) is 0 Å². The molecule has 86 valence electrons. The Labute approximate surface area is 103 Å². The van der Waals surface area contributed by atoms with E-state index in [-0.39, 0.29) is 11.4 Å². The van der Waals surface area contributed by atoms with Gasteiger partial charge in [0.2, 0.25) is 0 Å². The summed E-state index contributed by atoms with van der Waals surface area (Å²) in [6.45, 7) is 0. The summed E-state index contributed by atoms with van der Waals surface area (Å²) in [7, 11) is 0. The minimum absolute atomic E-state index is 0.0533. The fourth-order valence-corrected chi connectivity index (χ4v) is 2.27. The SMILES string of the molecule is Nc1cc(Sc2ccccc2)ccc1[N+](=O)[O-]. The monoisotopic (exact) mass is 246 g/mol. The zero-order valence-corrected chi connectivity index (χ0v) is 9.68. The molecule has 0 atom stereocenters. The fraction of sp³-hybridized carbons (Fsp3) is 0. The van der Waals surface area contributed by atoms with Gasteiger partial charge in [0, 0.05) is 15.9 Å². The van der Waals surface area contributed by atoms with Crippen LogP contribution in [0.4, 0.5) is 11.4 Å². The van der Waals surface area contributed by atoms with E-state index in [1.54, 1.807) is 12.1 Å². The van der Waals surface area contributed by atoms with Crippen LogP contribution >= 0.6 is 11.8 Å². The highest BCUT2D eigenvalue weighted by atomic mass is 32.2. The Kier molecular flexibility index (Phi) is 3.30. The molecule has 2 aromatic carbocycles. The molecule has 0 aliphatic carbocycles. The Morgan fingerprint density at radius 3 is 2.35 bits per heavy atom. The highest BCUT2D eigenvalue weighted by molar-refractivity contribution is 7.99. The van der Waals surface area contributed by atoms with E-state index >= 15 is 0 Å². The highest BCUT2D eigenvalue weighted by Crippen LogP contribution is 2.32. The lowest BCUT2D eigenvalue weighted by Gasteiger charge is -2.03. The van der Waals surface area contributed by atoms with Crippen molar-refractivity contribution in [3.05, 3.63) is 58.6 Å². The minimum Gasteiger partial charge on any atom is -0.393 e. The van der Waals surface area contributed by atoms with Gasteiger partial charge >= 0.3 is 0 Å². The van der Waals surface area contributed by atoms with Crippen molar-refractivity contribution in [1.82, 2.24) is 0 Å². The maximum Gasteiger partial charge on any atom is 0.292 e. The summed E-state index contributed by atoms with van der Waals surface area (Å²) < 4.78 is 0. The molecule has 2 aromatic rings. The zero-order chi connectivity index (χ0) is 12.3. The Morgan fingerprint density at radius 2 is 1.76 bits per heavy atom. The second-order valence-electron chi connectivity index (χ2n) is 3.39. The predicted octanol–water partition coefficient (Wildman–Crippen LogP) is 3.33. The number of nitro benzene ring substituents is 1. The number of nitrogen functional groups attached to an aromatic ring is 1. The van der Waals surface area contributed by atoms with E-state index in [0.29, 0.717) is 0 Å². The summed E-state index contributed by atoms with van der Waals surface area (Å²) in [5.41, 5.74) is 5.76. The summed E-state index contributed by atoms with van der Waals surface area (Å²) in [5.74, 6) is 0. The van der Waals surface area contributed by atoms with Crippen LogP contribution in [0.3, 0.4) is 0 Å². The Morgan fingerprint density at radius 1 is 1.06 bits per heavy atom. The first kappa shape index (κ1) is 11.5. The van der Waals surface area contributed by atoms with Crippen molar-refractivity contribution >= 4 is 23.1 Å². The molecule has 0 aromatic heterocycles. The van der Waals surface area contributed by atoms with Crippen LogP contribution in [-0.2, 0) is 0 Å². The summed E-state index contributed by atoms with van der Waals surface area (Å²) >= 11 is 1.52. The third-order valence-corrected chi connectivity index (χ3v) is 3.17. The van der Waals surface area contributed by atoms with Gasteiger partial charge in [0.15, 0.2) is 0 Å². The van der Waals surface area contributed by atoms with Crippen molar-refractivity contribution < 1.29 is 4.92 Å². The second-order valence-corrected chi connectivity index (χ2v) is 4.54. The molecular formula is C12H10N2O2S. The summed E-state index contributed by atoms with van der Waals surface area (Å²) in [6, 6.07) is 14.5. The van der Waals surface area contributed by atoms with E-state index in [1.165, 1.54) is 17.8 Å². The van der Waals surface area contributed by atoms with Gasteiger partial charge in [0.1, 0.15) is 5.69 Å². The van der Waals surface area contributed by atoms with Crippen LogP contribution in [0.15, 0.2) is 58.3 Å². The van der Waals surface area contributed by atoms with Gasteiger partial charge in [-0.05, 0) is 24.3 Å². The van der Waals surface area contributed by atoms with Gasteiger partial charge in [-0.3, -0.25) is 10.1 Å². The van der Waals surface area contributed by atoms with E-state index < -0.39 is 4.92 Å². The van der Waals surface area contributed by atoms with Gasteiger partial charge < -0.3 is 5.73 Å². The summed E-state index contributed by atoms with van der Waals surface area (Å²) in [6.07, 6.45) is 0. The number of nitrogens with zero attached hydrogens (tertiary/aromatic N) is 1. The first-order valence-corrected chi connectivity index (χ1v) is 5.75. The van der Waals surface area contributed by atoms with Crippen LogP contribution in [0.1, 0.15) is 0 Å². The first-order chi connectivity index (χ1) is 8.16. The van der Waals surface area contributed by atoms with E-state index in [0.717, 1.165) is 9.79 Å². The highest BCUT2D eigenvalue weighted by Gasteiger charge is 2.11. The van der Waals surface area contributed by atoms with E-state index in [1.807, 2.05) is 30.3 Å². The zero-order valence-electron chi connectivity index (χ0n) is 8.87. The molecule has 0 unspecified atom stereocenters. The lowest BCUT2D eigenvalue weighted by molar-refractivity contribution is -0.383. The molecule has 0 aliphatic rings. The van der Waals surface area contributed by atoms with E-state index in [2.05, 4.69) is 0 Å². The molecule has 0 bridgehead atoms. The van der Waals surface area contributed by atoms with E-state index in [9.17, 15) is 10.1 Å². The molecular weight excluding hydrogens is 236 g/mol. The molecule has 0 saturated carbocycles. The average Bonchev–Trinajstić information content (AvgIpc) is 2.30. The van der Waals surface area contributed by atoms with Crippen LogP contribution in [-0.4, -0.2) is 4.92 Å². The minimum atomic E-state index is -0.480. The number of rotatable bonds is 3. The normalized spacial score (nSPS) is 10.1. The van der Waals surface area contributed by atoms with Crippen molar-refractivity contribution in [3.8, 4) is 0 Å². The Hall–Kier alpha value is -2.01. The third-order valence-electron chi connectivity index (χ3n) is 2.17. The molecule has 2 rings (SSSR count). The molecule has 17 heavy (non-hydrogen) atoms. The van der Waals surface area contributed by atoms with Crippen molar-refractivity contribution in [2.45, 2.75) is 9.79 Å². The van der Waals surface area contributed by atoms with Crippen LogP contribution < -0.4 is 5.73 Å². The molecule has 0 amide bonds. The second kappa shape index (κ2) is 4.88. The molecule has 0 radical (unpaired) electrons. The lowest BCUT2D eigenvalue weighted by Crippen LogP contribution is -1.95. The number of hydrogen-bond acceptors (Lipinski definition) is 4. The summed E-state index contributed by atoms with van der Waals surface area (Å²) in [5, 5.41) is 10.6. The smallest absolute Gasteiger partial charge is 0.292 e. The molecule has 0 spiro atoms. The van der Waals surface area contributed by atoms with Crippen molar-refractivity contribution in [1.29, 1.82) is 0 Å². The fourth-order valence-electron chi connectivity index (χ4n) is 1.39. The van der Waals surface area contributed by atoms with Crippen molar-refractivity contribution in [2.24, 2.45) is 0 Å². The van der Waals surface area contributed by atoms with Crippen LogP contribution in [0, 0.1) is 10.1 Å². The van der Waals surface area contributed by atoms with Gasteiger partial charge in [0.25, 0.3) is 5.69 Å². The maximum atomic E-state index is 10.6. The number of nitrogens with two attached hydrogens (primary N) is 1. The van der Waals surface area contributed by atoms with Gasteiger partial charge in [0.05, 0.1) is 4.92 Å². The van der Waals surface area contributed by atoms with Crippen LogP contribution in [0.2, 0.25) is 0 Å². The van der Waals surface area contributed by atoms with Crippen molar-refractivity contribution in [2.75, 3.05) is 5.73 Å². The molecule has 0 aliphatic heterocycles. The number of anilines is 1. The average molecular weight is 246 g/mol. The Balaban J connectivity index is 2.24. The molecule has 5 heteroatoms. The van der Waals surface area contributed by atoms with Crippen LogP contribution in [0.5, 0.6) is 0 Å². The van der Waals surface area contributed by atoms with Crippen molar-refractivity contribution in [3.63, 3.8) is 0 Å². The van der Waals surface area contributed by atoms with Gasteiger partial charge in [-0.25, -0.2) is 0 Å². The molecule has 4 nitrogen and oxygen atoms in total. The largest absolute Gasteiger partial charge is 0.393 e. The standard InChI is InChI=1S/C12H10N2O2S/c13-11-8-10(6-7-12(11)14(15)16)17-9-4-2-1-3-5-9/h1-8H,13H2. The first-order valence-electron chi connectivity index (χ1n) is 4.93. The molecule has 0 fully saturated rings. The quantitative estimate of drug-likeness (QED) is 0.512. The number of benzene rings is 2. The van der Waals surface area contributed by atoms with Gasteiger partial charge in [-0.1, -0.05) is 30.0 Å². The summed E-state index contributed by atoms with van der Waals surface area (Å²) in [4.78, 5) is 12.1. The predicted molar refractivity (Wildman–Crippen MR) is 68.1 cm³/mol. The Bertz CT molecular complexity index is 543. The van der Waals surface area contributed by atoms with E-state index in [4.69, 9.17) is 5.73 Å². The molecule has 2 N–H and O–H groups in total. The van der Waals surface area contributed by atoms with Gasteiger partial charge in [-0.2, -0.15) is 0 Å². The number of hydrogen-bond donors (Lipinski definition) is 1. The lowest BCUT2D eigenvalue weighted by atomic mass is 10.3. The maximum absolute atomic E-state index is 10.6. The van der Waals surface area contributed by atoms with Gasteiger partial charge in [-0.15, -0.1) is 0 Å². The third kappa shape index (κ3) is 2.76. The molecule has 0 heterocycles. The number of nitro groups is 1.